The summed E-state index contributed by atoms with van der Waals surface area (Å²) in [6.45, 7) is 4.71. The van der Waals surface area contributed by atoms with E-state index in [1.54, 1.807) is 0 Å². The Hall–Kier alpha value is -0.640. The first kappa shape index (κ1) is 13.4. The van der Waals surface area contributed by atoms with Gasteiger partial charge in [-0.05, 0) is 12.8 Å². The van der Waals surface area contributed by atoms with Gasteiger partial charge in [0.15, 0.2) is 0 Å². The molecule has 0 rings (SSSR count). The first-order valence-electron chi connectivity index (χ1n) is 5.03. The minimum absolute atomic E-state index is 0.156. The van der Waals surface area contributed by atoms with Gasteiger partial charge in [-0.15, -0.1) is 0 Å². The Bertz CT molecular complexity index is 192. The molecule has 0 heterocycles. The van der Waals surface area contributed by atoms with Crippen LogP contribution in [-0.2, 0) is 15.6 Å². The SMILES string of the molecule is CCCC[S@@](=O)/C=C/C(=O)NCCC. The molecular formula is C10H19NO2S. The molecule has 0 aliphatic heterocycles. The molecule has 4 heteroatoms. The summed E-state index contributed by atoms with van der Waals surface area (Å²) in [4.78, 5) is 11.0. The van der Waals surface area contributed by atoms with Crippen molar-refractivity contribution in [2.24, 2.45) is 0 Å². The Labute approximate surface area is 88.4 Å². The van der Waals surface area contributed by atoms with E-state index in [1.807, 2.05) is 6.92 Å². The van der Waals surface area contributed by atoms with Gasteiger partial charge in [-0.25, -0.2) is 0 Å². The Morgan fingerprint density at radius 1 is 1.36 bits per heavy atom. The molecule has 0 bridgehead atoms. The summed E-state index contributed by atoms with van der Waals surface area (Å²) in [7, 11) is -0.987. The third-order valence-electron chi connectivity index (χ3n) is 1.62. The molecule has 1 amide bonds. The summed E-state index contributed by atoms with van der Waals surface area (Å²) < 4.78 is 11.2. The Morgan fingerprint density at radius 3 is 2.64 bits per heavy atom. The molecule has 0 fully saturated rings. The lowest BCUT2D eigenvalue weighted by Crippen LogP contribution is -2.21. The maximum atomic E-state index is 11.2. The van der Waals surface area contributed by atoms with Crippen LogP contribution in [-0.4, -0.2) is 22.4 Å². The van der Waals surface area contributed by atoms with E-state index < -0.39 is 10.8 Å². The van der Waals surface area contributed by atoms with Gasteiger partial charge in [0.1, 0.15) is 0 Å². The highest BCUT2D eigenvalue weighted by atomic mass is 32.2. The van der Waals surface area contributed by atoms with Crippen LogP contribution in [0.15, 0.2) is 11.5 Å². The highest BCUT2D eigenvalue weighted by molar-refractivity contribution is 7.87. The Balaban J connectivity index is 3.68. The van der Waals surface area contributed by atoms with E-state index in [0.29, 0.717) is 12.3 Å². The fourth-order valence-corrected chi connectivity index (χ4v) is 1.78. The van der Waals surface area contributed by atoms with E-state index >= 15 is 0 Å². The van der Waals surface area contributed by atoms with Crippen molar-refractivity contribution >= 4 is 16.7 Å². The van der Waals surface area contributed by atoms with Gasteiger partial charge in [0.05, 0.1) is 0 Å². The third-order valence-corrected chi connectivity index (χ3v) is 2.75. The number of unbranched alkanes of at least 4 members (excludes halogenated alkanes) is 1. The van der Waals surface area contributed by atoms with Crippen molar-refractivity contribution in [1.29, 1.82) is 0 Å². The molecule has 0 radical (unpaired) electrons. The molecule has 0 aliphatic rings. The number of hydrogen-bond donors (Lipinski definition) is 1. The monoisotopic (exact) mass is 217 g/mol. The zero-order valence-electron chi connectivity index (χ0n) is 8.91. The number of hydrogen-bond acceptors (Lipinski definition) is 2. The van der Waals surface area contributed by atoms with Crippen molar-refractivity contribution < 1.29 is 9.00 Å². The lowest BCUT2D eigenvalue weighted by molar-refractivity contribution is -0.116. The summed E-state index contributed by atoms with van der Waals surface area (Å²) in [6, 6.07) is 0. The van der Waals surface area contributed by atoms with E-state index in [0.717, 1.165) is 19.3 Å². The molecule has 1 atom stereocenters. The van der Waals surface area contributed by atoms with Gasteiger partial charge in [-0.3, -0.25) is 9.00 Å². The largest absolute Gasteiger partial charge is 0.353 e. The summed E-state index contributed by atoms with van der Waals surface area (Å²) in [5.74, 6) is 0.491. The van der Waals surface area contributed by atoms with Crippen LogP contribution >= 0.6 is 0 Å². The molecule has 0 saturated carbocycles. The van der Waals surface area contributed by atoms with E-state index in [-0.39, 0.29) is 5.91 Å². The van der Waals surface area contributed by atoms with E-state index in [4.69, 9.17) is 0 Å². The maximum absolute atomic E-state index is 11.2. The van der Waals surface area contributed by atoms with Crippen molar-refractivity contribution in [2.75, 3.05) is 12.3 Å². The van der Waals surface area contributed by atoms with Crippen molar-refractivity contribution in [2.45, 2.75) is 33.1 Å². The molecule has 0 spiro atoms. The Kier molecular flexibility index (Phi) is 8.53. The van der Waals surface area contributed by atoms with Gasteiger partial charge >= 0.3 is 0 Å². The maximum Gasteiger partial charge on any atom is 0.244 e. The second-order valence-corrected chi connectivity index (χ2v) is 4.47. The van der Waals surface area contributed by atoms with E-state index in [9.17, 15) is 9.00 Å². The average molecular weight is 217 g/mol. The zero-order chi connectivity index (χ0) is 10.8. The molecule has 3 nitrogen and oxygen atoms in total. The predicted molar refractivity (Wildman–Crippen MR) is 60.4 cm³/mol. The normalized spacial score (nSPS) is 13.0. The molecule has 14 heavy (non-hydrogen) atoms. The van der Waals surface area contributed by atoms with E-state index in [1.165, 1.54) is 11.5 Å². The van der Waals surface area contributed by atoms with E-state index in [2.05, 4.69) is 12.2 Å². The van der Waals surface area contributed by atoms with Gasteiger partial charge in [0.25, 0.3) is 0 Å². The first-order chi connectivity index (χ1) is 6.70. The summed E-state index contributed by atoms with van der Waals surface area (Å²) in [5, 5.41) is 4.16. The summed E-state index contributed by atoms with van der Waals surface area (Å²) in [5.41, 5.74) is 0. The fourth-order valence-electron chi connectivity index (χ4n) is 0.799. The van der Waals surface area contributed by atoms with Crippen molar-refractivity contribution in [3.05, 3.63) is 11.5 Å². The Morgan fingerprint density at radius 2 is 2.07 bits per heavy atom. The second kappa shape index (κ2) is 8.94. The lowest BCUT2D eigenvalue weighted by atomic mass is 10.4. The fraction of sp³-hybridized carbons (Fsp3) is 0.700. The summed E-state index contributed by atoms with van der Waals surface area (Å²) in [6.07, 6.45) is 4.25. The van der Waals surface area contributed by atoms with Crippen LogP contribution in [0.4, 0.5) is 0 Å². The number of carbonyl (C=O) groups excluding carboxylic acids is 1. The van der Waals surface area contributed by atoms with Crippen molar-refractivity contribution in [3.8, 4) is 0 Å². The van der Waals surface area contributed by atoms with Crippen LogP contribution in [0.5, 0.6) is 0 Å². The van der Waals surface area contributed by atoms with Crippen molar-refractivity contribution in [1.82, 2.24) is 5.32 Å². The molecule has 0 unspecified atom stereocenters. The van der Waals surface area contributed by atoms with Crippen LogP contribution in [0.2, 0.25) is 0 Å². The molecule has 82 valence electrons. The molecule has 0 aromatic carbocycles. The zero-order valence-corrected chi connectivity index (χ0v) is 9.73. The van der Waals surface area contributed by atoms with Crippen molar-refractivity contribution in [3.63, 3.8) is 0 Å². The molecule has 0 saturated heterocycles. The van der Waals surface area contributed by atoms with Crippen LogP contribution in [0.25, 0.3) is 0 Å². The number of amides is 1. The summed E-state index contributed by atoms with van der Waals surface area (Å²) >= 11 is 0. The highest BCUT2D eigenvalue weighted by Gasteiger charge is 1.96. The molecule has 0 aromatic heterocycles. The van der Waals surface area contributed by atoms with Gasteiger partial charge in [0.2, 0.25) is 5.91 Å². The second-order valence-electron chi connectivity index (χ2n) is 3.03. The number of rotatable bonds is 7. The van der Waals surface area contributed by atoms with Gasteiger partial charge < -0.3 is 5.32 Å². The molecule has 0 aromatic rings. The predicted octanol–water partition coefficient (Wildman–Crippen LogP) is 1.58. The number of nitrogens with one attached hydrogen (secondary N) is 1. The average Bonchev–Trinajstić information content (AvgIpc) is 2.20. The molecular weight excluding hydrogens is 198 g/mol. The smallest absolute Gasteiger partial charge is 0.244 e. The quantitative estimate of drug-likeness (QED) is 0.658. The molecule has 0 aliphatic carbocycles. The van der Waals surface area contributed by atoms with Gasteiger partial charge in [0, 0.05) is 34.6 Å². The standard InChI is InChI=1S/C10H19NO2S/c1-3-5-8-14(13)9-6-10(12)11-7-4-2/h6,9H,3-5,7-8H2,1-2H3,(H,11,12)/b9-6+/t14-/m1/s1. The minimum Gasteiger partial charge on any atom is -0.353 e. The number of carbonyl (C=O) groups is 1. The van der Waals surface area contributed by atoms with Crippen LogP contribution in [0.3, 0.4) is 0 Å². The van der Waals surface area contributed by atoms with Crippen LogP contribution in [0.1, 0.15) is 33.1 Å². The third kappa shape index (κ3) is 7.98. The van der Waals surface area contributed by atoms with Gasteiger partial charge in [-0.1, -0.05) is 20.3 Å². The highest BCUT2D eigenvalue weighted by Crippen LogP contribution is 1.93. The topological polar surface area (TPSA) is 46.2 Å². The van der Waals surface area contributed by atoms with Crippen LogP contribution < -0.4 is 5.32 Å². The minimum atomic E-state index is -0.987. The van der Waals surface area contributed by atoms with Gasteiger partial charge in [-0.2, -0.15) is 0 Å². The lowest BCUT2D eigenvalue weighted by Gasteiger charge is -1.97. The first-order valence-corrected chi connectivity index (χ1v) is 6.42. The van der Waals surface area contributed by atoms with Crippen LogP contribution in [0, 0.1) is 0 Å². The molecule has 1 N–H and O–H groups in total.